The molecule has 0 aliphatic rings. The fourth-order valence-electron chi connectivity index (χ4n) is 0.327. The van der Waals surface area contributed by atoms with Crippen LogP contribution in [0.1, 0.15) is 6.42 Å². The van der Waals surface area contributed by atoms with Crippen molar-refractivity contribution in [1.82, 2.24) is 0 Å². The molecule has 0 rings (SSSR count). The van der Waals surface area contributed by atoms with Crippen LogP contribution < -0.4 is 0 Å². The molecule has 0 unspecified atom stereocenters. The zero-order valence-electron chi connectivity index (χ0n) is 7.43. The molecule has 0 spiro atoms. The van der Waals surface area contributed by atoms with Gasteiger partial charge >= 0.3 is 90.7 Å². The van der Waals surface area contributed by atoms with Crippen molar-refractivity contribution < 1.29 is 22.9 Å². The molecule has 0 atom stereocenters. The molecule has 0 aliphatic heterocycles. The summed E-state index contributed by atoms with van der Waals surface area (Å²) < 4.78 is 29.1. The van der Waals surface area contributed by atoms with Gasteiger partial charge in [-0.2, -0.15) is 0 Å². The first kappa shape index (κ1) is 16.2. The van der Waals surface area contributed by atoms with Gasteiger partial charge in [-0.25, -0.2) is 4.79 Å². The summed E-state index contributed by atoms with van der Waals surface area (Å²) in [4.78, 5) is 9.25. The molecule has 0 bridgehead atoms. The van der Waals surface area contributed by atoms with Crippen LogP contribution in [0.3, 0.4) is 0 Å². The van der Waals surface area contributed by atoms with Crippen LogP contribution in [-0.4, -0.2) is 78.8 Å². The van der Waals surface area contributed by atoms with Crippen LogP contribution in [0, 0.1) is 0 Å². The molecule has 0 saturated heterocycles. The van der Waals surface area contributed by atoms with Gasteiger partial charge in [-0.05, 0) is 0 Å². The second-order valence-electron chi connectivity index (χ2n) is 2.18. The van der Waals surface area contributed by atoms with Crippen molar-refractivity contribution in [3.63, 3.8) is 0 Å². The molecule has 0 heterocycles. The minimum atomic E-state index is -3.66. The molecule has 5 nitrogen and oxygen atoms in total. The van der Waals surface area contributed by atoms with E-state index < -0.39 is 16.1 Å². The molecule has 0 saturated carbocycles. The molecule has 0 radical (unpaired) electrons. The maximum absolute atomic E-state index is 9.97. The third-order valence-corrected chi connectivity index (χ3v) is 2.84. The van der Waals surface area contributed by atoms with Crippen molar-refractivity contribution in [2.75, 3.05) is 5.75 Å². The molecular formula is C6H11KO5S. The van der Waals surface area contributed by atoms with E-state index in [1.165, 1.54) is 0 Å². The Kier molecular flexibility index (Phi) is 11.6. The quantitative estimate of drug-likeness (QED) is 0.409. The summed E-state index contributed by atoms with van der Waals surface area (Å²) in [6, 6.07) is 0. The number of carboxylic acids is 1. The number of hydrogen-bond donors (Lipinski definition) is 2. The summed E-state index contributed by atoms with van der Waals surface area (Å²) in [6.45, 7) is 2.96. The molecule has 0 aromatic carbocycles. The van der Waals surface area contributed by atoms with Crippen LogP contribution in [0.5, 0.6) is 0 Å². The first-order valence-corrected chi connectivity index (χ1v) is 7.45. The second-order valence-corrected chi connectivity index (χ2v) is 5.32. The van der Waals surface area contributed by atoms with Gasteiger partial charge in [-0.15, -0.1) is 0 Å². The number of aliphatic carboxylic acids is 1. The number of carbonyl (C=O) groups is 1. The van der Waals surface area contributed by atoms with Crippen molar-refractivity contribution in [1.29, 1.82) is 0 Å². The van der Waals surface area contributed by atoms with E-state index in [0.29, 0.717) is 55.4 Å². The van der Waals surface area contributed by atoms with Gasteiger partial charge in [0.2, 0.25) is 0 Å². The Morgan fingerprint density at radius 1 is 1.54 bits per heavy atom. The Balaban J connectivity index is 0. The van der Waals surface area contributed by atoms with Gasteiger partial charge in [0.25, 0.3) is 0 Å². The van der Waals surface area contributed by atoms with Crippen LogP contribution in [0.4, 0.5) is 0 Å². The van der Waals surface area contributed by atoms with Crippen molar-refractivity contribution in [2.45, 2.75) is 6.94 Å². The molecule has 0 fully saturated rings. The van der Waals surface area contributed by atoms with Crippen LogP contribution >= 0.6 is 0 Å². The second kappa shape index (κ2) is 9.32. The van der Waals surface area contributed by atoms with E-state index in [-0.39, 0.29) is 5.75 Å². The summed E-state index contributed by atoms with van der Waals surface area (Å²) in [5.74, 6) is -1.04. The average molecular weight is 234 g/mol. The molecule has 2 N–H and O–H groups in total. The van der Waals surface area contributed by atoms with Crippen LogP contribution in [0.15, 0.2) is 12.7 Å². The minimum absolute atomic E-state index is 0.0608. The molecule has 0 amide bonds. The number of rotatable bonds is 4. The van der Waals surface area contributed by atoms with Gasteiger partial charge in [0, 0.05) is 6.08 Å². The third-order valence-electron chi connectivity index (χ3n) is 0.930. The first-order valence-electron chi connectivity index (χ1n) is 3.64. The van der Waals surface area contributed by atoms with Crippen molar-refractivity contribution in [3.05, 3.63) is 12.7 Å². The Morgan fingerprint density at radius 3 is 2.00 bits per heavy atom. The Hall–Kier alpha value is 0.756. The third kappa shape index (κ3) is 24.5. The fourth-order valence-corrected chi connectivity index (χ4v) is 2.33. The standard InChI is InChI=1S/C3H7O3S.C3H4O2.K/c1-2-3-7(4,5)6;1-2-3(4)5;/h1-3H2,(H,4,5,6);2H,1H2,(H,4,5);. The van der Waals surface area contributed by atoms with Crippen molar-refractivity contribution in [3.8, 4) is 0 Å². The maximum atomic E-state index is 9.97. The average Bonchev–Trinajstić information content (AvgIpc) is 2.00. The van der Waals surface area contributed by atoms with Gasteiger partial charge < -0.3 is 5.11 Å². The SMILES string of the molecule is C=CC(=O)O.O=S(=O)(O)CC[CH2][K]. The molecule has 7 heteroatoms. The van der Waals surface area contributed by atoms with Crippen LogP contribution in [0.25, 0.3) is 0 Å². The van der Waals surface area contributed by atoms with E-state index in [9.17, 15) is 13.2 Å². The van der Waals surface area contributed by atoms with Crippen molar-refractivity contribution in [2.24, 2.45) is 0 Å². The Labute approximate surface area is 112 Å². The van der Waals surface area contributed by atoms with E-state index in [4.69, 9.17) is 9.66 Å². The summed E-state index contributed by atoms with van der Waals surface area (Å²) in [6.07, 6.45) is 1.46. The predicted molar refractivity (Wildman–Crippen MR) is 49.4 cm³/mol. The van der Waals surface area contributed by atoms with Crippen LogP contribution in [-0.2, 0) is 14.9 Å². The van der Waals surface area contributed by atoms with Gasteiger partial charge in [0.1, 0.15) is 0 Å². The molecule has 72 valence electrons. The van der Waals surface area contributed by atoms with Gasteiger partial charge in [0.05, 0.1) is 0 Å². The van der Waals surface area contributed by atoms with E-state index in [0.717, 1.165) is 6.59 Å². The summed E-state index contributed by atoms with van der Waals surface area (Å²) in [5.41, 5.74) is 0. The van der Waals surface area contributed by atoms with E-state index in [1.54, 1.807) is 0 Å². The van der Waals surface area contributed by atoms with E-state index >= 15 is 0 Å². The Morgan fingerprint density at radius 2 is 1.92 bits per heavy atom. The summed E-state index contributed by atoms with van der Waals surface area (Å²) >= 11 is 0.706. The van der Waals surface area contributed by atoms with Gasteiger partial charge in [0.15, 0.2) is 0 Å². The van der Waals surface area contributed by atoms with Gasteiger partial charge in [-0.1, -0.05) is 6.58 Å². The zero-order valence-corrected chi connectivity index (χ0v) is 11.4. The van der Waals surface area contributed by atoms with Crippen molar-refractivity contribution >= 4 is 65.0 Å². The normalized spacial score (nSPS) is 9.77. The number of carboxylic acid groups (broad SMARTS) is 1. The fraction of sp³-hybridized carbons (Fsp3) is 0.500. The number of hydrogen-bond acceptors (Lipinski definition) is 3. The zero-order chi connectivity index (χ0) is 10.9. The van der Waals surface area contributed by atoms with Crippen LogP contribution in [0.2, 0.25) is 0.515 Å². The molecule has 0 aromatic rings. The van der Waals surface area contributed by atoms with E-state index in [1.807, 2.05) is 0 Å². The molecular weight excluding hydrogens is 223 g/mol. The summed E-state index contributed by atoms with van der Waals surface area (Å²) in [5, 5.41) is 7.60. The Bertz CT molecular complexity index is 246. The van der Waals surface area contributed by atoms with Gasteiger partial charge in [-0.3, -0.25) is 0 Å². The monoisotopic (exact) mass is 234 g/mol. The summed E-state index contributed by atoms with van der Waals surface area (Å²) in [7, 11) is -3.66. The predicted octanol–water partition coefficient (Wildman–Crippen LogP) is 0.108. The first-order chi connectivity index (χ1) is 5.83. The molecule has 13 heavy (non-hydrogen) atoms. The van der Waals surface area contributed by atoms with E-state index in [2.05, 4.69) is 6.58 Å². The topological polar surface area (TPSA) is 91.7 Å². The molecule has 0 aromatic heterocycles. The molecule has 0 aliphatic carbocycles.